The molecule has 0 spiro atoms. The quantitative estimate of drug-likeness (QED) is 0.254. The van der Waals surface area contributed by atoms with Crippen LogP contribution in [0.3, 0.4) is 0 Å². The number of carboxylic acids is 1. The molecule has 0 saturated carbocycles. The number of rotatable bonds is 9. The van der Waals surface area contributed by atoms with Crippen LogP contribution >= 0.6 is 0 Å². The van der Waals surface area contributed by atoms with Gasteiger partial charge in [0.1, 0.15) is 5.75 Å². The molecule has 42 heavy (non-hydrogen) atoms. The van der Waals surface area contributed by atoms with Gasteiger partial charge in [-0.05, 0) is 48.5 Å². The molecular weight excluding hydrogens is 580 g/mol. The smallest absolute Gasteiger partial charge is 0.416 e. The van der Waals surface area contributed by atoms with E-state index in [-0.39, 0.29) is 11.4 Å². The van der Waals surface area contributed by atoms with Gasteiger partial charge < -0.3 is 24.6 Å². The van der Waals surface area contributed by atoms with Crippen LogP contribution in [0.2, 0.25) is 0 Å². The van der Waals surface area contributed by atoms with Crippen LogP contribution in [0.5, 0.6) is 5.75 Å². The third-order valence-corrected chi connectivity index (χ3v) is 5.43. The van der Waals surface area contributed by atoms with E-state index in [0.717, 1.165) is 24.3 Å². The standard InChI is InChI=1S/C27H19F6NO8/c1-40-19-10-4-9-18(13-19)34-22(35)20(41-24(38)14-5-2-7-16(11-14)26(28,29)30)21(23(36)37)42-25(39)15-6-3-8-17(12-15)27(31,32)33/h2-13,20-21H,1H3,(H,34,35)(H,36,37)/t20-,21+/m1/s1. The van der Waals surface area contributed by atoms with Crippen molar-refractivity contribution in [3.63, 3.8) is 0 Å². The molecule has 0 heterocycles. The molecular formula is C27H19F6NO8. The molecule has 9 nitrogen and oxygen atoms in total. The highest BCUT2D eigenvalue weighted by Crippen LogP contribution is 2.31. The minimum atomic E-state index is -4.87. The number of hydrogen-bond donors (Lipinski definition) is 2. The zero-order valence-electron chi connectivity index (χ0n) is 21.2. The van der Waals surface area contributed by atoms with E-state index in [4.69, 9.17) is 14.2 Å². The largest absolute Gasteiger partial charge is 0.497 e. The Hall–Kier alpha value is -5.08. The number of esters is 2. The molecule has 222 valence electrons. The lowest BCUT2D eigenvalue weighted by Gasteiger charge is -2.24. The summed E-state index contributed by atoms with van der Waals surface area (Å²) in [7, 11) is 1.30. The van der Waals surface area contributed by atoms with E-state index in [1.807, 2.05) is 0 Å². The van der Waals surface area contributed by atoms with Crippen molar-refractivity contribution in [2.24, 2.45) is 0 Å². The van der Waals surface area contributed by atoms with Crippen molar-refractivity contribution in [1.29, 1.82) is 0 Å². The number of alkyl halides is 6. The second-order valence-corrected chi connectivity index (χ2v) is 8.37. The fourth-order valence-electron chi connectivity index (χ4n) is 3.42. The molecule has 0 saturated heterocycles. The number of amides is 1. The lowest BCUT2D eigenvalue weighted by atomic mass is 10.1. The van der Waals surface area contributed by atoms with Gasteiger partial charge in [0.15, 0.2) is 0 Å². The van der Waals surface area contributed by atoms with Crippen LogP contribution in [-0.2, 0) is 31.4 Å². The average molecular weight is 599 g/mol. The molecule has 0 fully saturated rings. The number of ether oxygens (including phenoxy) is 3. The van der Waals surface area contributed by atoms with E-state index in [1.165, 1.54) is 31.4 Å². The van der Waals surface area contributed by atoms with Gasteiger partial charge in [0.25, 0.3) is 5.91 Å². The molecule has 0 radical (unpaired) electrons. The summed E-state index contributed by atoms with van der Waals surface area (Å²) >= 11 is 0. The van der Waals surface area contributed by atoms with E-state index in [1.54, 1.807) is 0 Å². The molecule has 3 aromatic carbocycles. The minimum absolute atomic E-state index is 0.0205. The third-order valence-electron chi connectivity index (χ3n) is 5.43. The lowest BCUT2D eigenvalue weighted by Crippen LogP contribution is -2.48. The molecule has 2 atom stereocenters. The predicted molar refractivity (Wildman–Crippen MR) is 131 cm³/mol. The number of nitrogens with one attached hydrogen (secondary N) is 1. The highest BCUT2D eigenvalue weighted by molar-refractivity contribution is 6.01. The number of carbonyl (C=O) groups excluding carboxylic acids is 3. The summed E-state index contributed by atoms with van der Waals surface area (Å²) in [6.07, 6.45) is -14.9. The predicted octanol–water partition coefficient (Wildman–Crippen LogP) is 5.21. The zero-order valence-corrected chi connectivity index (χ0v) is 21.2. The Bertz CT molecular complexity index is 1490. The van der Waals surface area contributed by atoms with E-state index in [2.05, 4.69) is 5.32 Å². The number of halogens is 6. The van der Waals surface area contributed by atoms with Gasteiger partial charge in [-0.25, -0.2) is 14.4 Å². The molecule has 0 aliphatic carbocycles. The maximum absolute atomic E-state index is 13.1. The van der Waals surface area contributed by atoms with Crippen molar-refractivity contribution in [3.05, 3.63) is 95.1 Å². The minimum Gasteiger partial charge on any atom is -0.497 e. The summed E-state index contributed by atoms with van der Waals surface area (Å²) in [5, 5.41) is 12.0. The van der Waals surface area contributed by atoms with E-state index >= 15 is 0 Å². The van der Waals surface area contributed by atoms with Crippen LogP contribution < -0.4 is 10.1 Å². The van der Waals surface area contributed by atoms with E-state index < -0.39 is 70.6 Å². The summed E-state index contributed by atoms with van der Waals surface area (Å²) in [5.41, 5.74) is -4.05. The number of methoxy groups -OCH3 is 1. The van der Waals surface area contributed by atoms with E-state index in [0.29, 0.717) is 24.3 Å². The van der Waals surface area contributed by atoms with Crippen molar-refractivity contribution in [2.45, 2.75) is 24.6 Å². The fourth-order valence-corrected chi connectivity index (χ4v) is 3.42. The molecule has 0 aliphatic heterocycles. The second-order valence-electron chi connectivity index (χ2n) is 8.37. The van der Waals surface area contributed by atoms with Gasteiger partial charge in [-0.2, -0.15) is 26.3 Å². The normalized spacial score (nSPS) is 12.9. The maximum Gasteiger partial charge on any atom is 0.416 e. The Labute approximate surface area is 232 Å². The van der Waals surface area contributed by atoms with Crippen molar-refractivity contribution < 1.29 is 64.8 Å². The summed E-state index contributed by atoms with van der Waals surface area (Å²) in [5.74, 6) is -6.49. The first-order chi connectivity index (χ1) is 19.6. The van der Waals surface area contributed by atoms with Gasteiger partial charge in [-0.3, -0.25) is 4.79 Å². The van der Waals surface area contributed by atoms with Crippen LogP contribution in [0.25, 0.3) is 0 Å². The summed E-state index contributed by atoms with van der Waals surface area (Å²) < 4.78 is 93.4. The zero-order chi connectivity index (χ0) is 31.2. The van der Waals surface area contributed by atoms with Crippen molar-refractivity contribution in [3.8, 4) is 5.75 Å². The van der Waals surface area contributed by atoms with Gasteiger partial charge in [-0.15, -0.1) is 0 Å². The molecule has 15 heteroatoms. The first-order valence-corrected chi connectivity index (χ1v) is 11.5. The first kappa shape index (κ1) is 31.4. The number of aliphatic carboxylic acids is 1. The maximum atomic E-state index is 13.1. The summed E-state index contributed by atoms with van der Waals surface area (Å²) in [4.78, 5) is 50.7. The molecule has 2 N–H and O–H groups in total. The van der Waals surface area contributed by atoms with Crippen LogP contribution in [0, 0.1) is 0 Å². The Morgan fingerprint density at radius 2 is 1.19 bits per heavy atom. The van der Waals surface area contributed by atoms with Crippen LogP contribution in [-0.4, -0.2) is 48.2 Å². The fraction of sp³-hybridized carbons (Fsp3) is 0.185. The Morgan fingerprint density at radius 1 is 0.714 bits per heavy atom. The highest BCUT2D eigenvalue weighted by atomic mass is 19.4. The SMILES string of the molecule is COc1cccc(NC(=O)[C@H](OC(=O)c2cccc(C(F)(F)F)c2)[C@H](OC(=O)c2cccc(C(F)(F)F)c2)C(=O)O)c1. The molecule has 0 aliphatic rings. The van der Waals surface area contributed by atoms with Crippen LogP contribution in [0.1, 0.15) is 31.8 Å². The Kier molecular flexibility index (Phi) is 9.45. The monoisotopic (exact) mass is 599 g/mol. The van der Waals surface area contributed by atoms with Crippen LogP contribution in [0.15, 0.2) is 72.8 Å². The third kappa shape index (κ3) is 7.99. The number of anilines is 1. The summed E-state index contributed by atoms with van der Waals surface area (Å²) in [6.45, 7) is 0. The van der Waals surface area contributed by atoms with Crippen molar-refractivity contribution in [2.75, 3.05) is 12.4 Å². The molecule has 0 bridgehead atoms. The molecule has 3 rings (SSSR count). The van der Waals surface area contributed by atoms with Gasteiger partial charge in [-0.1, -0.05) is 18.2 Å². The Morgan fingerprint density at radius 3 is 1.64 bits per heavy atom. The van der Waals surface area contributed by atoms with Gasteiger partial charge >= 0.3 is 30.3 Å². The highest BCUT2D eigenvalue weighted by Gasteiger charge is 2.42. The van der Waals surface area contributed by atoms with Gasteiger partial charge in [0.05, 0.1) is 29.4 Å². The van der Waals surface area contributed by atoms with E-state index in [9.17, 15) is 50.6 Å². The Balaban J connectivity index is 1.98. The molecule has 0 aromatic heterocycles. The van der Waals surface area contributed by atoms with Gasteiger partial charge in [0, 0.05) is 11.8 Å². The number of benzene rings is 3. The molecule has 1 amide bonds. The molecule has 3 aromatic rings. The molecule has 0 unspecified atom stereocenters. The number of carboxylic acid groups (broad SMARTS) is 1. The average Bonchev–Trinajstić information content (AvgIpc) is 2.93. The number of carbonyl (C=O) groups is 4. The van der Waals surface area contributed by atoms with Crippen molar-refractivity contribution in [1.82, 2.24) is 0 Å². The number of hydrogen-bond acceptors (Lipinski definition) is 7. The van der Waals surface area contributed by atoms with Crippen LogP contribution in [0.4, 0.5) is 32.0 Å². The second kappa shape index (κ2) is 12.6. The lowest BCUT2D eigenvalue weighted by molar-refractivity contribution is -0.157. The summed E-state index contributed by atoms with van der Waals surface area (Å²) in [6, 6.07) is 11.0. The van der Waals surface area contributed by atoms with Crippen molar-refractivity contribution >= 4 is 29.5 Å². The topological polar surface area (TPSA) is 128 Å². The first-order valence-electron chi connectivity index (χ1n) is 11.5. The van der Waals surface area contributed by atoms with Gasteiger partial charge in [0.2, 0.25) is 12.2 Å².